The maximum absolute atomic E-state index is 6.00. The van der Waals surface area contributed by atoms with E-state index in [4.69, 9.17) is 27.9 Å². The molecule has 0 radical (unpaired) electrons. The van der Waals surface area contributed by atoms with Gasteiger partial charge >= 0.3 is 0 Å². The molecule has 1 aromatic carbocycles. The van der Waals surface area contributed by atoms with Crippen LogP contribution < -0.4 is 4.74 Å². The largest absolute Gasteiger partial charge is 0.485 e. The molecule has 0 spiro atoms. The molecular formula is C10H11Cl2IO. The Morgan fingerprint density at radius 3 is 2.57 bits per heavy atom. The van der Waals surface area contributed by atoms with Gasteiger partial charge in [-0.3, -0.25) is 0 Å². The molecule has 0 aliphatic carbocycles. The third-order valence-electron chi connectivity index (χ3n) is 1.62. The van der Waals surface area contributed by atoms with Gasteiger partial charge in [0.1, 0.15) is 16.4 Å². The first-order valence-corrected chi connectivity index (χ1v) is 6.43. The maximum Gasteiger partial charge on any atom is 0.140 e. The first-order chi connectivity index (χ1) is 6.46. The van der Waals surface area contributed by atoms with Crippen LogP contribution in [0.4, 0.5) is 0 Å². The van der Waals surface area contributed by atoms with E-state index in [1.807, 2.05) is 26.0 Å². The minimum atomic E-state index is -0.227. The molecule has 4 heteroatoms. The van der Waals surface area contributed by atoms with Crippen LogP contribution in [0.2, 0.25) is 10.0 Å². The van der Waals surface area contributed by atoms with Crippen LogP contribution in [0.3, 0.4) is 0 Å². The van der Waals surface area contributed by atoms with E-state index in [1.165, 1.54) is 0 Å². The smallest absolute Gasteiger partial charge is 0.140 e. The van der Waals surface area contributed by atoms with E-state index < -0.39 is 0 Å². The van der Waals surface area contributed by atoms with E-state index in [2.05, 4.69) is 22.6 Å². The van der Waals surface area contributed by atoms with Gasteiger partial charge in [0, 0.05) is 4.43 Å². The normalized spacial score (nSPS) is 11.5. The molecule has 1 rings (SSSR count). The lowest BCUT2D eigenvalue weighted by Crippen LogP contribution is -2.29. The van der Waals surface area contributed by atoms with Crippen LogP contribution in [0, 0.1) is 0 Å². The summed E-state index contributed by atoms with van der Waals surface area (Å²) in [5.74, 6) is 0.640. The van der Waals surface area contributed by atoms with E-state index in [-0.39, 0.29) is 5.60 Å². The quantitative estimate of drug-likeness (QED) is 0.575. The van der Waals surface area contributed by atoms with Gasteiger partial charge in [0.25, 0.3) is 0 Å². The third-order valence-corrected chi connectivity index (χ3v) is 4.26. The van der Waals surface area contributed by atoms with Crippen LogP contribution in [0.15, 0.2) is 18.2 Å². The van der Waals surface area contributed by atoms with E-state index >= 15 is 0 Å². The first kappa shape index (κ1) is 12.4. The Balaban J connectivity index is 2.92. The molecule has 0 N–H and O–H groups in total. The molecule has 0 atom stereocenters. The van der Waals surface area contributed by atoms with Gasteiger partial charge in [0.2, 0.25) is 0 Å². The van der Waals surface area contributed by atoms with E-state index in [0.29, 0.717) is 15.8 Å². The van der Waals surface area contributed by atoms with Crippen molar-refractivity contribution in [3.05, 3.63) is 28.2 Å². The van der Waals surface area contributed by atoms with Gasteiger partial charge < -0.3 is 4.74 Å². The van der Waals surface area contributed by atoms with Crippen molar-refractivity contribution < 1.29 is 4.74 Å². The topological polar surface area (TPSA) is 9.23 Å². The lowest BCUT2D eigenvalue weighted by molar-refractivity contribution is 0.139. The van der Waals surface area contributed by atoms with Gasteiger partial charge in [-0.25, -0.2) is 0 Å². The number of rotatable bonds is 3. The van der Waals surface area contributed by atoms with Gasteiger partial charge in [-0.2, -0.15) is 0 Å². The van der Waals surface area contributed by atoms with E-state index in [9.17, 15) is 0 Å². The number of benzene rings is 1. The molecule has 0 amide bonds. The number of ether oxygens (including phenoxy) is 1. The summed E-state index contributed by atoms with van der Waals surface area (Å²) in [4.78, 5) is 0. The first-order valence-electron chi connectivity index (χ1n) is 4.15. The van der Waals surface area contributed by atoms with Crippen LogP contribution >= 0.6 is 45.8 Å². The van der Waals surface area contributed by atoms with Crippen molar-refractivity contribution in [3.63, 3.8) is 0 Å². The summed E-state index contributed by atoms with van der Waals surface area (Å²) in [5.41, 5.74) is -0.227. The van der Waals surface area contributed by atoms with Crippen molar-refractivity contribution in [2.45, 2.75) is 19.4 Å². The van der Waals surface area contributed by atoms with Gasteiger partial charge in [0.15, 0.2) is 0 Å². The number of hydrogen-bond donors (Lipinski definition) is 0. The number of hydrogen-bond acceptors (Lipinski definition) is 1. The van der Waals surface area contributed by atoms with Crippen molar-refractivity contribution in [2.75, 3.05) is 4.43 Å². The van der Waals surface area contributed by atoms with Crippen LogP contribution in [0.1, 0.15) is 13.8 Å². The van der Waals surface area contributed by atoms with E-state index in [0.717, 1.165) is 4.43 Å². The highest BCUT2D eigenvalue weighted by Gasteiger charge is 2.19. The fourth-order valence-electron chi connectivity index (χ4n) is 0.888. The zero-order chi connectivity index (χ0) is 10.8. The molecule has 1 nitrogen and oxygen atoms in total. The summed E-state index contributed by atoms with van der Waals surface area (Å²) in [6.45, 7) is 4.02. The molecule has 0 aliphatic rings. The zero-order valence-electron chi connectivity index (χ0n) is 7.98. The second-order valence-corrected chi connectivity index (χ2v) is 5.10. The van der Waals surface area contributed by atoms with Crippen LogP contribution in [-0.4, -0.2) is 10.0 Å². The Labute approximate surface area is 108 Å². The predicted octanol–water partition coefficient (Wildman–Crippen LogP) is 4.59. The van der Waals surface area contributed by atoms with Crippen molar-refractivity contribution in [1.29, 1.82) is 0 Å². The molecule has 1 aromatic rings. The summed E-state index contributed by atoms with van der Waals surface area (Å²) in [6.07, 6.45) is 0. The van der Waals surface area contributed by atoms with Gasteiger partial charge in [-0.05, 0) is 26.0 Å². The zero-order valence-corrected chi connectivity index (χ0v) is 11.7. The third kappa shape index (κ3) is 3.17. The number of halogens is 3. The summed E-state index contributed by atoms with van der Waals surface area (Å²) in [7, 11) is 0. The second kappa shape index (κ2) is 4.90. The Bertz CT molecular complexity index is 326. The van der Waals surface area contributed by atoms with E-state index in [1.54, 1.807) is 6.07 Å². The van der Waals surface area contributed by atoms with Crippen molar-refractivity contribution in [1.82, 2.24) is 0 Å². The molecule has 0 unspecified atom stereocenters. The number of alkyl halides is 1. The van der Waals surface area contributed by atoms with Crippen LogP contribution in [-0.2, 0) is 0 Å². The summed E-state index contributed by atoms with van der Waals surface area (Å²) in [5, 5.41) is 1.00. The fourth-order valence-corrected chi connectivity index (χ4v) is 1.37. The molecule has 0 heterocycles. The Morgan fingerprint density at radius 2 is 2.00 bits per heavy atom. The van der Waals surface area contributed by atoms with Crippen LogP contribution in [0.25, 0.3) is 0 Å². The molecular weight excluding hydrogens is 334 g/mol. The Morgan fingerprint density at radius 1 is 1.36 bits per heavy atom. The molecule has 0 saturated carbocycles. The molecule has 0 saturated heterocycles. The fraction of sp³-hybridized carbons (Fsp3) is 0.400. The standard InChI is InChI=1S/C10H11Cl2IO/c1-10(2,6-13)14-8-5-3-4-7(11)9(8)12/h3-5H,6H2,1-2H3. The lowest BCUT2D eigenvalue weighted by Gasteiger charge is -2.24. The average molecular weight is 345 g/mol. The Hall–Kier alpha value is 0.330. The SMILES string of the molecule is CC(C)(CI)Oc1cccc(Cl)c1Cl. The highest BCUT2D eigenvalue weighted by atomic mass is 127. The monoisotopic (exact) mass is 344 g/mol. The summed E-state index contributed by atoms with van der Waals surface area (Å²) >= 11 is 14.1. The molecule has 0 bridgehead atoms. The highest BCUT2D eigenvalue weighted by molar-refractivity contribution is 14.1. The Kier molecular flexibility index (Phi) is 4.34. The minimum Gasteiger partial charge on any atom is -0.485 e. The predicted molar refractivity (Wildman–Crippen MR) is 70.1 cm³/mol. The molecule has 78 valence electrons. The summed E-state index contributed by atoms with van der Waals surface area (Å²) < 4.78 is 6.62. The summed E-state index contributed by atoms with van der Waals surface area (Å²) in [6, 6.07) is 5.39. The van der Waals surface area contributed by atoms with Gasteiger partial charge in [-0.15, -0.1) is 0 Å². The lowest BCUT2D eigenvalue weighted by atomic mass is 10.2. The molecule has 0 fully saturated rings. The molecule has 0 aromatic heterocycles. The van der Waals surface area contributed by atoms with Crippen molar-refractivity contribution in [2.24, 2.45) is 0 Å². The molecule has 0 aliphatic heterocycles. The van der Waals surface area contributed by atoms with Crippen molar-refractivity contribution >= 4 is 45.8 Å². The van der Waals surface area contributed by atoms with Crippen LogP contribution in [0.5, 0.6) is 5.75 Å². The van der Waals surface area contributed by atoms with Gasteiger partial charge in [-0.1, -0.05) is 51.9 Å². The second-order valence-electron chi connectivity index (χ2n) is 3.55. The van der Waals surface area contributed by atoms with Crippen molar-refractivity contribution in [3.8, 4) is 5.75 Å². The molecule has 14 heavy (non-hydrogen) atoms. The average Bonchev–Trinajstić information content (AvgIpc) is 2.13. The van der Waals surface area contributed by atoms with Gasteiger partial charge in [0.05, 0.1) is 5.02 Å². The highest BCUT2D eigenvalue weighted by Crippen LogP contribution is 2.33. The maximum atomic E-state index is 6.00. The minimum absolute atomic E-state index is 0.227.